The Kier molecular flexibility index (Phi) is 8.80. The molecule has 0 bridgehead atoms. The average Bonchev–Trinajstić information content (AvgIpc) is 2.58. The van der Waals surface area contributed by atoms with Crippen molar-refractivity contribution in [3.8, 4) is 0 Å². The van der Waals surface area contributed by atoms with Crippen LogP contribution in [0.2, 0.25) is 18.1 Å². The third kappa shape index (κ3) is 4.85. The van der Waals surface area contributed by atoms with Crippen LogP contribution in [0, 0.1) is 0 Å². The van der Waals surface area contributed by atoms with Gasteiger partial charge in [0.05, 0.1) is 0 Å². The summed E-state index contributed by atoms with van der Waals surface area (Å²) in [7, 11) is -2.13. The molecule has 0 saturated carbocycles. The highest BCUT2D eigenvalue weighted by Gasteiger charge is 2.90. The fourth-order valence-corrected chi connectivity index (χ4v) is 6.89. The van der Waals surface area contributed by atoms with Gasteiger partial charge in [-0.2, -0.15) is 57.1 Å². The maximum absolute atomic E-state index is 13.9. The van der Waals surface area contributed by atoms with Crippen molar-refractivity contribution in [2.45, 2.75) is 87.0 Å². The first-order chi connectivity index (χ1) is 13.1. The van der Waals surface area contributed by atoms with Crippen LogP contribution in [0.5, 0.6) is 0 Å². The number of hydrogen-bond donors (Lipinski definition) is 0. The third-order valence-corrected chi connectivity index (χ3v) is 9.59. The zero-order valence-electron chi connectivity index (χ0n) is 16.1. The van der Waals surface area contributed by atoms with Crippen LogP contribution in [0.15, 0.2) is 0 Å². The van der Waals surface area contributed by atoms with E-state index < -0.39 is 56.6 Å². The molecule has 0 aliphatic rings. The van der Waals surface area contributed by atoms with Crippen LogP contribution in [0.25, 0.3) is 0 Å². The minimum atomic E-state index is -7.85. The van der Waals surface area contributed by atoms with Gasteiger partial charge in [0.15, 0.2) is 8.32 Å². The number of rotatable bonds is 12. The Morgan fingerprint density at radius 2 is 0.933 bits per heavy atom. The summed E-state index contributed by atoms with van der Waals surface area (Å²) in [6.45, 7) is 3.16. The summed E-state index contributed by atoms with van der Waals surface area (Å²) in [4.78, 5) is 0. The molecule has 1 nitrogen and oxygen atoms in total. The van der Waals surface area contributed by atoms with Crippen LogP contribution in [-0.2, 0) is 4.43 Å². The molecule has 0 N–H and O–H groups in total. The summed E-state index contributed by atoms with van der Waals surface area (Å²) >= 11 is 0. The molecule has 0 aliphatic heterocycles. The highest BCUT2D eigenvalue weighted by atomic mass is 28.4. The topological polar surface area (TPSA) is 9.23 Å². The monoisotopic (exact) mass is 492 g/mol. The summed E-state index contributed by atoms with van der Waals surface area (Å²) in [5, 5.41) is 0. The van der Waals surface area contributed by atoms with Gasteiger partial charge in [0.2, 0.25) is 0 Å². The van der Waals surface area contributed by atoms with E-state index in [2.05, 4.69) is 0 Å². The Balaban J connectivity index is 6.07. The maximum atomic E-state index is 13.9. The Morgan fingerprint density at radius 1 is 0.567 bits per heavy atom. The van der Waals surface area contributed by atoms with E-state index in [0.29, 0.717) is 12.8 Å². The lowest BCUT2D eigenvalue weighted by molar-refractivity contribution is -0.439. The van der Waals surface area contributed by atoms with E-state index in [1.54, 1.807) is 13.8 Å². The molecule has 15 heteroatoms. The van der Waals surface area contributed by atoms with Crippen molar-refractivity contribution in [1.29, 1.82) is 0 Å². The van der Waals surface area contributed by atoms with Crippen molar-refractivity contribution in [1.82, 2.24) is 0 Å². The van der Waals surface area contributed by atoms with E-state index in [1.165, 1.54) is 0 Å². The highest BCUT2D eigenvalue weighted by Crippen LogP contribution is 2.61. The van der Waals surface area contributed by atoms with Gasteiger partial charge in [-0.3, -0.25) is 0 Å². The van der Waals surface area contributed by atoms with E-state index in [0.717, 1.165) is 7.11 Å². The lowest BCUT2D eigenvalue weighted by atomic mass is 9.93. The van der Waals surface area contributed by atoms with Gasteiger partial charge >= 0.3 is 35.8 Å². The first kappa shape index (κ1) is 29.3. The van der Waals surface area contributed by atoms with Crippen LogP contribution < -0.4 is 0 Å². The molecule has 0 rings (SSSR count). The Morgan fingerprint density at radius 3 is 1.23 bits per heavy atom. The SMILES string of the molecule is CCC[Si](CCC)(CCC(F)(F)C(F)(F)C(F)(F)C(F)(F)C(F)(F)C(F)(F)F)OC. The second kappa shape index (κ2) is 9.02. The van der Waals surface area contributed by atoms with Gasteiger partial charge in [-0.05, 0) is 18.1 Å². The molecule has 0 aromatic heterocycles. The zero-order chi connectivity index (χ0) is 24.4. The molecule has 182 valence electrons. The van der Waals surface area contributed by atoms with Crippen molar-refractivity contribution in [3.63, 3.8) is 0 Å². The summed E-state index contributed by atoms with van der Waals surface area (Å²) < 4.78 is 176. The number of halogens is 13. The molecule has 0 heterocycles. The molecule has 0 unspecified atom stereocenters. The molecule has 0 aromatic rings. The zero-order valence-corrected chi connectivity index (χ0v) is 17.1. The van der Waals surface area contributed by atoms with Gasteiger partial charge in [-0.25, -0.2) is 0 Å². The molecule has 30 heavy (non-hydrogen) atoms. The van der Waals surface area contributed by atoms with Gasteiger partial charge < -0.3 is 4.43 Å². The van der Waals surface area contributed by atoms with E-state index in [-0.39, 0.29) is 12.1 Å². The van der Waals surface area contributed by atoms with E-state index >= 15 is 0 Å². The fraction of sp³-hybridized carbons (Fsp3) is 1.00. The Labute approximate surface area is 165 Å². The predicted octanol–water partition coefficient (Wildman–Crippen LogP) is 7.53. The molecule has 0 radical (unpaired) electrons. The van der Waals surface area contributed by atoms with Gasteiger partial charge in [0.25, 0.3) is 0 Å². The van der Waals surface area contributed by atoms with Crippen molar-refractivity contribution >= 4 is 8.32 Å². The average molecular weight is 492 g/mol. The molecule has 0 aliphatic carbocycles. The van der Waals surface area contributed by atoms with E-state index in [1.807, 2.05) is 0 Å². The first-order valence-corrected chi connectivity index (χ1v) is 11.2. The van der Waals surface area contributed by atoms with Gasteiger partial charge in [-0.1, -0.05) is 26.7 Å². The summed E-state index contributed by atoms with van der Waals surface area (Å²) in [5.74, 6) is -36.5. The molecular formula is C15H21F13OSi. The summed E-state index contributed by atoms with van der Waals surface area (Å²) in [5.41, 5.74) is 0. The van der Waals surface area contributed by atoms with Gasteiger partial charge in [-0.15, -0.1) is 0 Å². The number of hydrogen-bond acceptors (Lipinski definition) is 1. The molecule has 0 fully saturated rings. The van der Waals surface area contributed by atoms with E-state index in [9.17, 15) is 57.1 Å². The highest BCUT2D eigenvalue weighted by molar-refractivity contribution is 6.73. The minimum absolute atomic E-state index is 0.123. The largest absolute Gasteiger partial charge is 0.460 e. The molecule has 0 saturated heterocycles. The maximum Gasteiger partial charge on any atom is 0.460 e. The van der Waals surface area contributed by atoms with Gasteiger partial charge in [0.1, 0.15) is 0 Å². The van der Waals surface area contributed by atoms with Crippen LogP contribution >= 0.6 is 0 Å². The van der Waals surface area contributed by atoms with Crippen molar-refractivity contribution < 1.29 is 61.5 Å². The summed E-state index contributed by atoms with van der Waals surface area (Å²) in [6, 6.07) is -0.680. The second-order valence-electron chi connectivity index (χ2n) is 6.89. The molecule has 0 atom stereocenters. The fourth-order valence-electron chi connectivity index (χ4n) is 2.94. The van der Waals surface area contributed by atoms with Crippen molar-refractivity contribution in [3.05, 3.63) is 0 Å². The first-order valence-electron chi connectivity index (χ1n) is 8.65. The smallest absolute Gasteiger partial charge is 0.420 e. The van der Waals surface area contributed by atoms with Crippen LogP contribution in [0.1, 0.15) is 33.1 Å². The quantitative estimate of drug-likeness (QED) is 0.202. The minimum Gasteiger partial charge on any atom is -0.420 e. The van der Waals surface area contributed by atoms with Gasteiger partial charge in [0, 0.05) is 13.5 Å². The third-order valence-electron chi connectivity index (χ3n) is 4.74. The predicted molar refractivity (Wildman–Crippen MR) is 83.2 cm³/mol. The molecule has 0 amide bonds. The lowest BCUT2D eigenvalue weighted by Gasteiger charge is -2.40. The Hall–Kier alpha value is -0.733. The molecule has 0 aromatic carbocycles. The van der Waals surface area contributed by atoms with Crippen molar-refractivity contribution in [2.24, 2.45) is 0 Å². The number of alkyl halides is 13. The lowest BCUT2D eigenvalue weighted by Crippen LogP contribution is -2.70. The Bertz CT molecular complexity index is 553. The van der Waals surface area contributed by atoms with Crippen LogP contribution in [-0.4, -0.2) is 51.2 Å². The van der Waals surface area contributed by atoms with E-state index in [4.69, 9.17) is 4.43 Å². The molecular weight excluding hydrogens is 471 g/mol. The van der Waals surface area contributed by atoms with Crippen LogP contribution in [0.4, 0.5) is 57.1 Å². The second-order valence-corrected chi connectivity index (χ2v) is 11.2. The van der Waals surface area contributed by atoms with Crippen molar-refractivity contribution in [2.75, 3.05) is 7.11 Å². The normalized spacial score (nSPS) is 15.6. The summed E-state index contributed by atoms with van der Waals surface area (Å²) in [6.07, 6.45) is -8.91. The molecule has 0 spiro atoms. The standard InChI is InChI=1S/C15H21F13OSi/c1-4-7-30(29-3,8-5-2)9-6-10(16,17)11(18,19)12(20,21)13(22,23)14(24,25)15(26,27)28/h4-9H2,1-3H3. The van der Waals surface area contributed by atoms with Crippen LogP contribution in [0.3, 0.4) is 0 Å².